The first-order valence-corrected chi connectivity index (χ1v) is 11.6. The molecule has 0 aliphatic heterocycles. The van der Waals surface area contributed by atoms with Crippen LogP contribution in [0, 0.1) is 17.8 Å². The van der Waals surface area contributed by atoms with Gasteiger partial charge in [0, 0.05) is 12.3 Å². The van der Waals surface area contributed by atoms with Crippen LogP contribution in [0.3, 0.4) is 0 Å². The van der Waals surface area contributed by atoms with E-state index in [9.17, 15) is 49.1 Å². The molecule has 5 unspecified atom stereocenters. The minimum Gasteiger partial charge on any atom is -0.455 e. The average molecular weight is 530 g/mol. The van der Waals surface area contributed by atoms with Crippen molar-refractivity contribution < 1.29 is 63.1 Å². The number of esters is 1. The highest BCUT2D eigenvalue weighted by molar-refractivity contribution is 7.87. The normalized spacial score (nSPS) is 26.2. The SMILES string of the molecule is C=C(COCCC(F)(F)C(F)(F)S(=O)(=O)O)C(=O)OC(C1CC2CCC1C2)C(C)(O)C(F)(F)F. The lowest BCUT2D eigenvalue weighted by atomic mass is 9.78. The van der Waals surface area contributed by atoms with Gasteiger partial charge in [0.2, 0.25) is 0 Å². The third-order valence-corrected chi connectivity index (χ3v) is 7.37. The van der Waals surface area contributed by atoms with Crippen LogP contribution in [-0.2, 0) is 24.4 Å². The highest BCUT2D eigenvalue weighted by Crippen LogP contribution is 2.53. The van der Waals surface area contributed by atoms with Crippen LogP contribution >= 0.6 is 0 Å². The number of hydrogen-bond acceptors (Lipinski definition) is 6. The molecular weight excluding hydrogens is 505 g/mol. The Kier molecular flexibility index (Phi) is 8.08. The Balaban J connectivity index is 1.99. The van der Waals surface area contributed by atoms with Crippen molar-refractivity contribution in [2.24, 2.45) is 17.8 Å². The van der Waals surface area contributed by atoms with Crippen LogP contribution in [0.1, 0.15) is 39.0 Å². The number of fused-ring (bicyclic) bond motifs is 2. The van der Waals surface area contributed by atoms with E-state index in [-0.39, 0.29) is 11.8 Å². The predicted molar refractivity (Wildman–Crippen MR) is 102 cm³/mol. The van der Waals surface area contributed by atoms with Crippen molar-refractivity contribution in [3.8, 4) is 0 Å². The Morgan fingerprint density at radius 1 is 1.12 bits per heavy atom. The summed E-state index contributed by atoms with van der Waals surface area (Å²) in [5, 5.41) is 4.39. The molecule has 7 nitrogen and oxygen atoms in total. The summed E-state index contributed by atoms with van der Waals surface area (Å²) in [4.78, 5) is 12.3. The van der Waals surface area contributed by atoms with Gasteiger partial charge in [-0.3, -0.25) is 4.55 Å². The smallest absolute Gasteiger partial charge is 0.431 e. The molecule has 0 amide bonds. The lowest BCUT2D eigenvalue weighted by molar-refractivity contribution is -0.293. The van der Waals surface area contributed by atoms with Gasteiger partial charge < -0.3 is 14.6 Å². The van der Waals surface area contributed by atoms with Crippen molar-refractivity contribution in [3.05, 3.63) is 12.2 Å². The van der Waals surface area contributed by atoms with E-state index >= 15 is 0 Å². The first kappa shape index (κ1) is 28.8. The molecule has 0 heterocycles. The first-order chi connectivity index (χ1) is 15.2. The van der Waals surface area contributed by atoms with Gasteiger partial charge in [0.1, 0.15) is 6.10 Å². The summed E-state index contributed by atoms with van der Waals surface area (Å²) in [6.07, 6.45) is -6.60. The fraction of sp³-hybridized carbons (Fsp3) is 0.842. The van der Waals surface area contributed by atoms with Crippen LogP contribution in [0.2, 0.25) is 0 Å². The van der Waals surface area contributed by atoms with Gasteiger partial charge in [-0.25, -0.2) is 4.79 Å². The maximum Gasteiger partial charge on any atom is 0.431 e. The molecule has 0 aromatic carbocycles. The van der Waals surface area contributed by atoms with Gasteiger partial charge in [-0.05, 0) is 38.0 Å². The predicted octanol–water partition coefficient (Wildman–Crippen LogP) is 3.73. The molecule has 0 aromatic rings. The van der Waals surface area contributed by atoms with E-state index in [0.29, 0.717) is 26.2 Å². The highest BCUT2D eigenvalue weighted by atomic mass is 32.2. The molecule has 2 rings (SSSR count). The summed E-state index contributed by atoms with van der Waals surface area (Å²) in [7, 11) is -6.42. The van der Waals surface area contributed by atoms with Crippen LogP contribution in [-0.4, -0.2) is 66.3 Å². The second-order valence-electron chi connectivity index (χ2n) is 8.91. The van der Waals surface area contributed by atoms with E-state index in [0.717, 1.165) is 6.42 Å². The van der Waals surface area contributed by atoms with Crippen LogP contribution in [0.25, 0.3) is 0 Å². The van der Waals surface area contributed by atoms with Gasteiger partial charge in [-0.15, -0.1) is 0 Å². The van der Waals surface area contributed by atoms with Crippen LogP contribution in [0.5, 0.6) is 0 Å². The van der Waals surface area contributed by atoms with Gasteiger partial charge in [0.25, 0.3) is 0 Å². The number of halogens is 7. The van der Waals surface area contributed by atoms with E-state index in [1.54, 1.807) is 0 Å². The summed E-state index contributed by atoms with van der Waals surface area (Å²) in [6.45, 7) is 1.56. The maximum absolute atomic E-state index is 13.5. The van der Waals surface area contributed by atoms with Crippen molar-refractivity contribution in [2.45, 2.75) is 68.1 Å². The summed E-state index contributed by atoms with van der Waals surface area (Å²) >= 11 is 0. The monoisotopic (exact) mass is 530 g/mol. The minimum absolute atomic E-state index is 0.148. The second-order valence-corrected chi connectivity index (χ2v) is 10.4. The number of ether oxygens (including phenoxy) is 2. The summed E-state index contributed by atoms with van der Waals surface area (Å²) in [6, 6.07) is 0. The van der Waals surface area contributed by atoms with E-state index in [2.05, 4.69) is 11.3 Å². The second kappa shape index (κ2) is 9.54. The maximum atomic E-state index is 13.5. The summed E-state index contributed by atoms with van der Waals surface area (Å²) in [5.74, 6) is -7.44. The quantitative estimate of drug-likeness (QED) is 0.138. The summed E-state index contributed by atoms with van der Waals surface area (Å²) < 4.78 is 132. The van der Waals surface area contributed by atoms with Crippen molar-refractivity contribution in [1.82, 2.24) is 0 Å². The molecule has 0 saturated heterocycles. The highest BCUT2D eigenvalue weighted by Gasteiger charge is 2.65. The van der Waals surface area contributed by atoms with E-state index in [1.807, 2.05) is 0 Å². The van der Waals surface area contributed by atoms with E-state index in [4.69, 9.17) is 9.29 Å². The third-order valence-electron chi connectivity index (χ3n) is 6.42. The molecule has 34 heavy (non-hydrogen) atoms. The molecule has 0 aromatic heterocycles. The van der Waals surface area contributed by atoms with E-state index in [1.165, 1.54) is 0 Å². The Morgan fingerprint density at radius 3 is 2.15 bits per heavy atom. The lowest BCUT2D eigenvalue weighted by Crippen LogP contribution is -2.57. The topological polar surface area (TPSA) is 110 Å². The molecule has 2 saturated carbocycles. The van der Waals surface area contributed by atoms with E-state index < -0.39 is 76.3 Å². The standard InChI is InChI=1S/C19H25F7O7S/c1-10(9-32-6-5-17(20,21)19(25,26)34(29,30)31)15(27)33-14(16(2,28)18(22,23)24)13-8-11-3-4-12(13)7-11/h11-14,28H,1,3-9H2,2H3,(H,29,30,31). The third kappa shape index (κ3) is 5.68. The van der Waals surface area contributed by atoms with Gasteiger partial charge in [-0.1, -0.05) is 13.0 Å². The van der Waals surface area contributed by atoms with Crippen molar-refractivity contribution in [2.75, 3.05) is 13.2 Å². The zero-order chi connectivity index (χ0) is 26.3. The largest absolute Gasteiger partial charge is 0.455 e. The number of aliphatic hydroxyl groups is 1. The zero-order valence-electron chi connectivity index (χ0n) is 18.0. The van der Waals surface area contributed by atoms with Gasteiger partial charge in [0.15, 0.2) is 5.60 Å². The molecule has 5 atom stereocenters. The number of carbonyl (C=O) groups excluding carboxylic acids is 1. The molecule has 2 aliphatic carbocycles. The molecule has 2 fully saturated rings. The molecule has 198 valence electrons. The lowest BCUT2D eigenvalue weighted by Gasteiger charge is -2.40. The molecule has 0 spiro atoms. The fourth-order valence-corrected chi connectivity index (χ4v) is 4.91. The van der Waals surface area contributed by atoms with Crippen molar-refractivity contribution >= 4 is 16.1 Å². The van der Waals surface area contributed by atoms with Gasteiger partial charge in [0.05, 0.1) is 18.8 Å². The van der Waals surface area contributed by atoms with Gasteiger partial charge in [-0.2, -0.15) is 39.2 Å². The Bertz CT molecular complexity index is 886. The van der Waals surface area contributed by atoms with Crippen LogP contribution in [0.4, 0.5) is 30.7 Å². The number of carbonyl (C=O) groups is 1. The van der Waals surface area contributed by atoms with Crippen LogP contribution < -0.4 is 0 Å². The molecule has 0 radical (unpaired) electrons. The number of alkyl halides is 7. The Hall–Kier alpha value is -1.45. The van der Waals surface area contributed by atoms with Gasteiger partial charge >= 0.3 is 33.4 Å². The molecular formula is C19H25F7O7S. The molecule has 2 aliphatic rings. The number of rotatable bonds is 11. The Labute approximate surface area is 191 Å². The average Bonchev–Trinajstić information content (AvgIpc) is 3.30. The molecule has 2 N–H and O–H groups in total. The van der Waals surface area contributed by atoms with Crippen molar-refractivity contribution in [1.29, 1.82) is 0 Å². The zero-order valence-corrected chi connectivity index (χ0v) is 18.8. The molecule has 15 heteroatoms. The van der Waals surface area contributed by atoms with Crippen LogP contribution in [0.15, 0.2) is 12.2 Å². The summed E-state index contributed by atoms with van der Waals surface area (Å²) in [5.41, 5.74) is -4.03. The number of hydrogen-bond donors (Lipinski definition) is 2. The minimum atomic E-state index is -6.42. The molecule has 2 bridgehead atoms. The Morgan fingerprint density at radius 2 is 1.71 bits per heavy atom. The fourth-order valence-electron chi connectivity index (χ4n) is 4.43. The first-order valence-electron chi connectivity index (χ1n) is 10.2. The van der Waals surface area contributed by atoms with Crippen molar-refractivity contribution in [3.63, 3.8) is 0 Å².